The van der Waals surface area contributed by atoms with Gasteiger partial charge in [0.25, 0.3) is 5.91 Å². The first-order valence-corrected chi connectivity index (χ1v) is 15.3. The fraction of sp³-hybridized carbons (Fsp3) is 0.294. The summed E-state index contributed by atoms with van der Waals surface area (Å²) in [5, 5.41) is 12.4. The van der Waals surface area contributed by atoms with Crippen LogP contribution in [0.2, 0.25) is 0 Å². The van der Waals surface area contributed by atoms with E-state index in [0.717, 1.165) is 39.3 Å². The number of amides is 1. The quantitative estimate of drug-likeness (QED) is 0.176. The van der Waals surface area contributed by atoms with Crippen molar-refractivity contribution in [3.63, 3.8) is 0 Å². The van der Waals surface area contributed by atoms with Gasteiger partial charge in [-0.3, -0.25) is 9.69 Å². The molecule has 3 aromatic carbocycles. The van der Waals surface area contributed by atoms with Crippen molar-refractivity contribution >= 4 is 23.6 Å². The number of nitrogens with one attached hydrogen (secondary N) is 1. The van der Waals surface area contributed by atoms with Crippen molar-refractivity contribution in [2.75, 3.05) is 12.0 Å². The average Bonchev–Trinajstić information content (AvgIpc) is 3.44. The summed E-state index contributed by atoms with van der Waals surface area (Å²) in [6.45, 7) is 7.63. The maximum Gasteiger partial charge on any atom is 0.326 e. The van der Waals surface area contributed by atoms with Gasteiger partial charge in [0.05, 0.1) is 6.54 Å². The van der Waals surface area contributed by atoms with Crippen molar-refractivity contribution in [3.8, 4) is 22.5 Å². The van der Waals surface area contributed by atoms with Gasteiger partial charge in [-0.15, -0.1) is 0 Å². The molecule has 4 rings (SSSR count). The molecule has 0 bridgehead atoms. The Morgan fingerprint density at radius 2 is 1.66 bits per heavy atom. The first-order valence-electron chi connectivity index (χ1n) is 13.9. The monoisotopic (exact) mass is 570 g/mol. The highest BCUT2D eigenvalue weighted by Gasteiger charge is 2.23. The summed E-state index contributed by atoms with van der Waals surface area (Å²) >= 11 is 1.56. The number of carbonyl (C=O) groups is 2. The molecule has 0 radical (unpaired) electrons. The maximum atomic E-state index is 13.4. The fourth-order valence-electron chi connectivity index (χ4n) is 4.79. The standard InChI is InChI=1S/C34H38N2O4S/c1-23(2)36(22-27-15-17-32(40-27)26-11-6-5-7-12-26)21-25-14-16-29(30(20-25)28-13-9-8-10-24(28)3)33(37)35-31(34(38)39)18-19-41-4/h5-17,20,23,31H,18-19,21-22H2,1-4H3,(H,35,37)(H,38,39). The third-order valence-electron chi connectivity index (χ3n) is 7.17. The highest BCUT2D eigenvalue weighted by atomic mass is 32.2. The van der Waals surface area contributed by atoms with Gasteiger partial charge in [0.15, 0.2) is 0 Å². The third-order valence-corrected chi connectivity index (χ3v) is 7.82. The van der Waals surface area contributed by atoms with E-state index in [9.17, 15) is 14.7 Å². The Bertz CT molecular complexity index is 1460. The number of carbonyl (C=O) groups excluding carboxylic acids is 1. The summed E-state index contributed by atoms with van der Waals surface area (Å²) in [4.78, 5) is 27.6. The number of aliphatic carboxylic acids is 1. The van der Waals surface area contributed by atoms with Gasteiger partial charge in [-0.2, -0.15) is 11.8 Å². The second-order valence-electron chi connectivity index (χ2n) is 10.5. The smallest absolute Gasteiger partial charge is 0.326 e. The molecular formula is C34H38N2O4S. The second-order valence-corrected chi connectivity index (χ2v) is 11.5. The number of hydrogen-bond donors (Lipinski definition) is 2. The Labute approximate surface area is 246 Å². The molecule has 0 aliphatic carbocycles. The van der Waals surface area contributed by atoms with Gasteiger partial charge < -0.3 is 14.8 Å². The lowest BCUT2D eigenvalue weighted by molar-refractivity contribution is -0.139. The van der Waals surface area contributed by atoms with Crippen LogP contribution >= 0.6 is 11.8 Å². The average molecular weight is 571 g/mol. The van der Waals surface area contributed by atoms with E-state index in [4.69, 9.17) is 4.42 Å². The van der Waals surface area contributed by atoms with E-state index in [0.29, 0.717) is 30.8 Å². The summed E-state index contributed by atoms with van der Waals surface area (Å²) in [6, 6.07) is 27.2. The van der Waals surface area contributed by atoms with Crippen LogP contribution in [-0.4, -0.2) is 46.0 Å². The number of benzene rings is 3. The van der Waals surface area contributed by atoms with Crippen molar-refractivity contribution in [2.45, 2.75) is 52.4 Å². The molecule has 0 aliphatic rings. The van der Waals surface area contributed by atoms with E-state index in [-0.39, 0.29) is 11.9 Å². The number of aryl methyl sites for hydroxylation is 1. The van der Waals surface area contributed by atoms with Crippen molar-refractivity contribution < 1.29 is 19.1 Å². The van der Waals surface area contributed by atoms with Crippen molar-refractivity contribution in [3.05, 3.63) is 107 Å². The van der Waals surface area contributed by atoms with Crippen LogP contribution in [0.15, 0.2) is 89.3 Å². The van der Waals surface area contributed by atoms with Gasteiger partial charge in [0, 0.05) is 23.7 Å². The van der Waals surface area contributed by atoms with Gasteiger partial charge in [0.2, 0.25) is 0 Å². The molecule has 1 amide bonds. The SMILES string of the molecule is CSCCC(NC(=O)c1ccc(CN(Cc2ccc(-c3ccccc3)o2)C(C)C)cc1-c1ccccc1C)C(=O)O. The molecule has 2 N–H and O–H groups in total. The second kappa shape index (κ2) is 14.2. The minimum Gasteiger partial charge on any atom is -0.480 e. The van der Waals surface area contributed by atoms with Crippen molar-refractivity contribution in [1.82, 2.24) is 10.2 Å². The third kappa shape index (κ3) is 7.90. The number of furan rings is 1. The first kappa shape index (κ1) is 30.2. The summed E-state index contributed by atoms with van der Waals surface area (Å²) in [5.41, 5.74) is 5.35. The topological polar surface area (TPSA) is 82.8 Å². The van der Waals surface area contributed by atoms with Crippen LogP contribution in [0.3, 0.4) is 0 Å². The molecule has 7 heteroatoms. The number of thioether (sulfide) groups is 1. The summed E-state index contributed by atoms with van der Waals surface area (Å²) in [7, 11) is 0. The lowest BCUT2D eigenvalue weighted by atomic mass is 9.93. The molecule has 0 aliphatic heterocycles. The Kier molecular flexibility index (Phi) is 10.4. The Morgan fingerprint density at radius 1 is 0.927 bits per heavy atom. The number of rotatable bonds is 13. The van der Waals surface area contributed by atoms with E-state index in [1.54, 1.807) is 11.8 Å². The largest absolute Gasteiger partial charge is 0.480 e. The van der Waals surface area contributed by atoms with E-state index in [1.807, 2.05) is 92.0 Å². The molecule has 0 saturated carbocycles. The molecule has 1 unspecified atom stereocenters. The minimum atomic E-state index is -1.03. The van der Waals surface area contributed by atoms with E-state index in [1.165, 1.54) is 0 Å². The zero-order chi connectivity index (χ0) is 29.4. The van der Waals surface area contributed by atoms with Gasteiger partial charge in [0.1, 0.15) is 17.6 Å². The van der Waals surface area contributed by atoms with E-state index >= 15 is 0 Å². The lowest BCUT2D eigenvalue weighted by Gasteiger charge is -2.26. The highest BCUT2D eigenvalue weighted by molar-refractivity contribution is 7.98. The highest BCUT2D eigenvalue weighted by Crippen LogP contribution is 2.30. The normalized spacial score (nSPS) is 12.0. The van der Waals surface area contributed by atoms with Gasteiger partial charge in [-0.1, -0.05) is 60.7 Å². The van der Waals surface area contributed by atoms with Crippen LogP contribution < -0.4 is 5.32 Å². The molecule has 6 nitrogen and oxygen atoms in total. The van der Waals surface area contributed by atoms with Crippen LogP contribution in [0.5, 0.6) is 0 Å². The Hall–Kier alpha value is -3.81. The van der Waals surface area contributed by atoms with Crippen LogP contribution in [-0.2, 0) is 17.9 Å². The number of hydrogen-bond acceptors (Lipinski definition) is 5. The zero-order valence-corrected chi connectivity index (χ0v) is 24.9. The van der Waals surface area contributed by atoms with Crippen molar-refractivity contribution in [1.29, 1.82) is 0 Å². The predicted molar refractivity (Wildman–Crippen MR) is 167 cm³/mol. The first-order chi connectivity index (χ1) is 19.8. The molecule has 0 fully saturated rings. The number of nitrogens with zero attached hydrogens (tertiary/aromatic N) is 1. The molecule has 0 spiro atoms. The predicted octanol–water partition coefficient (Wildman–Crippen LogP) is 7.27. The molecule has 41 heavy (non-hydrogen) atoms. The van der Waals surface area contributed by atoms with E-state index < -0.39 is 12.0 Å². The molecule has 4 aromatic rings. The van der Waals surface area contributed by atoms with E-state index in [2.05, 4.69) is 30.1 Å². The molecule has 0 saturated heterocycles. The summed E-state index contributed by atoms with van der Waals surface area (Å²) in [5.74, 6) is 0.973. The Morgan fingerprint density at radius 3 is 2.34 bits per heavy atom. The molecule has 1 atom stereocenters. The van der Waals surface area contributed by atoms with Crippen LogP contribution in [0, 0.1) is 6.92 Å². The zero-order valence-electron chi connectivity index (χ0n) is 24.1. The number of carboxylic acids is 1. The van der Waals surface area contributed by atoms with Gasteiger partial charge in [-0.25, -0.2) is 4.79 Å². The lowest BCUT2D eigenvalue weighted by Crippen LogP contribution is -2.41. The van der Waals surface area contributed by atoms with Crippen molar-refractivity contribution in [2.24, 2.45) is 0 Å². The maximum absolute atomic E-state index is 13.4. The summed E-state index contributed by atoms with van der Waals surface area (Å²) in [6.07, 6.45) is 2.28. The minimum absolute atomic E-state index is 0.248. The van der Waals surface area contributed by atoms with Crippen LogP contribution in [0.25, 0.3) is 22.5 Å². The summed E-state index contributed by atoms with van der Waals surface area (Å²) < 4.78 is 6.19. The van der Waals surface area contributed by atoms with Gasteiger partial charge in [-0.05, 0) is 85.7 Å². The molecule has 1 aromatic heterocycles. The van der Waals surface area contributed by atoms with Gasteiger partial charge >= 0.3 is 5.97 Å². The Balaban J connectivity index is 1.61. The molecule has 1 heterocycles. The number of carboxylic acid groups (broad SMARTS) is 1. The molecule has 214 valence electrons. The fourth-order valence-corrected chi connectivity index (χ4v) is 5.26. The molecular weight excluding hydrogens is 532 g/mol. The van der Waals surface area contributed by atoms with Crippen LogP contribution in [0.4, 0.5) is 0 Å². The van der Waals surface area contributed by atoms with Crippen LogP contribution in [0.1, 0.15) is 47.5 Å².